The van der Waals surface area contributed by atoms with Crippen molar-refractivity contribution in [2.75, 3.05) is 32.7 Å². The highest BCUT2D eigenvalue weighted by atomic mass is 16.3. The van der Waals surface area contributed by atoms with Crippen LogP contribution >= 0.6 is 0 Å². The van der Waals surface area contributed by atoms with Crippen LogP contribution in [-0.4, -0.2) is 58.3 Å². The van der Waals surface area contributed by atoms with Gasteiger partial charge in [-0.25, -0.2) is 0 Å². The highest BCUT2D eigenvalue weighted by Gasteiger charge is 2.34. The molecule has 0 aliphatic carbocycles. The van der Waals surface area contributed by atoms with Gasteiger partial charge in [-0.3, -0.25) is 4.90 Å². The van der Waals surface area contributed by atoms with Crippen molar-refractivity contribution >= 4 is 0 Å². The second-order valence-electron chi connectivity index (χ2n) is 6.65. The third kappa shape index (κ3) is 3.96. The fourth-order valence-electron chi connectivity index (χ4n) is 3.56. The molecule has 21 heavy (non-hydrogen) atoms. The van der Waals surface area contributed by atoms with E-state index in [1.807, 2.05) is 18.2 Å². The Morgan fingerprint density at radius 3 is 2.38 bits per heavy atom. The van der Waals surface area contributed by atoms with Crippen molar-refractivity contribution in [3.63, 3.8) is 0 Å². The van der Waals surface area contributed by atoms with E-state index in [2.05, 4.69) is 9.80 Å². The molecule has 0 bridgehead atoms. The molecule has 3 rings (SSSR count). The average Bonchev–Trinajstić information content (AvgIpc) is 2.94. The fourth-order valence-corrected chi connectivity index (χ4v) is 3.56. The van der Waals surface area contributed by atoms with Crippen molar-refractivity contribution in [2.45, 2.75) is 37.8 Å². The van der Waals surface area contributed by atoms with Gasteiger partial charge in [-0.05, 0) is 56.5 Å². The van der Waals surface area contributed by atoms with Crippen LogP contribution in [0, 0.1) is 0 Å². The lowest BCUT2D eigenvalue weighted by Crippen LogP contribution is -2.50. The quantitative estimate of drug-likeness (QED) is 0.888. The van der Waals surface area contributed by atoms with E-state index in [9.17, 15) is 10.2 Å². The minimum atomic E-state index is -0.500. The molecule has 0 aromatic heterocycles. The first kappa shape index (κ1) is 14.8. The van der Waals surface area contributed by atoms with Crippen molar-refractivity contribution < 1.29 is 10.2 Å². The first-order valence-electron chi connectivity index (χ1n) is 8.08. The summed E-state index contributed by atoms with van der Waals surface area (Å²) in [5.74, 6) is 0.329. The number of aromatic hydroxyl groups is 1. The summed E-state index contributed by atoms with van der Waals surface area (Å²) in [7, 11) is 0. The number of benzene rings is 1. The minimum absolute atomic E-state index is 0.329. The molecule has 0 amide bonds. The maximum Gasteiger partial charge on any atom is 0.115 e. The smallest absolute Gasteiger partial charge is 0.115 e. The van der Waals surface area contributed by atoms with Gasteiger partial charge in [-0.2, -0.15) is 0 Å². The number of phenols is 1. The topological polar surface area (TPSA) is 46.9 Å². The van der Waals surface area contributed by atoms with Crippen molar-refractivity contribution in [3.8, 4) is 5.75 Å². The predicted molar refractivity (Wildman–Crippen MR) is 83.2 cm³/mol. The molecule has 2 N–H and O–H groups in total. The summed E-state index contributed by atoms with van der Waals surface area (Å²) in [5.41, 5.74) is 0.639. The third-order valence-electron chi connectivity index (χ3n) is 4.82. The highest BCUT2D eigenvalue weighted by Crippen LogP contribution is 2.26. The van der Waals surface area contributed by atoms with Gasteiger partial charge < -0.3 is 15.1 Å². The summed E-state index contributed by atoms with van der Waals surface area (Å²) in [6.07, 6.45) is 4.25. The van der Waals surface area contributed by atoms with Crippen molar-refractivity contribution in [3.05, 3.63) is 29.8 Å². The van der Waals surface area contributed by atoms with Crippen LogP contribution in [0.5, 0.6) is 5.75 Å². The molecule has 0 atom stereocenters. The second-order valence-corrected chi connectivity index (χ2v) is 6.65. The van der Waals surface area contributed by atoms with Crippen molar-refractivity contribution in [1.82, 2.24) is 9.80 Å². The van der Waals surface area contributed by atoms with E-state index >= 15 is 0 Å². The van der Waals surface area contributed by atoms with Crippen LogP contribution in [0.3, 0.4) is 0 Å². The zero-order chi connectivity index (χ0) is 14.7. The predicted octanol–water partition coefficient (Wildman–Crippen LogP) is 1.81. The number of hydrogen-bond donors (Lipinski definition) is 2. The monoisotopic (exact) mass is 290 g/mol. The fraction of sp³-hybridized carbons (Fsp3) is 0.647. The van der Waals surface area contributed by atoms with Crippen LogP contribution in [-0.2, 0) is 6.54 Å². The van der Waals surface area contributed by atoms with Crippen LogP contribution in [0.4, 0.5) is 0 Å². The molecule has 2 aliphatic rings. The minimum Gasteiger partial charge on any atom is -0.508 e. The molecule has 2 fully saturated rings. The van der Waals surface area contributed by atoms with E-state index in [0.29, 0.717) is 5.75 Å². The summed E-state index contributed by atoms with van der Waals surface area (Å²) in [4.78, 5) is 4.78. The standard InChI is InChI=1S/C17H26N2O2/c20-16-5-3-4-15(12-16)13-18-10-6-17(21,7-11-18)14-19-8-1-2-9-19/h3-5,12,20-21H,1-2,6-11,13-14H2. The van der Waals surface area contributed by atoms with Crippen LogP contribution in [0.15, 0.2) is 24.3 Å². The molecule has 0 saturated carbocycles. The van der Waals surface area contributed by atoms with Crippen LogP contribution in [0.1, 0.15) is 31.2 Å². The van der Waals surface area contributed by atoms with Gasteiger partial charge in [0, 0.05) is 26.2 Å². The Kier molecular flexibility index (Phi) is 4.48. The summed E-state index contributed by atoms with van der Waals surface area (Å²) < 4.78 is 0. The van der Waals surface area contributed by atoms with Crippen LogP contribution in [0.2, 0.25) is 0 Å². The molecule has 116 valence electrons. The number of phenolic OH excluding ortho intramolecular Hbond substituents is 1. The Morgan fingerprint density at radius 2 is 1.71 bits per heavy atom. The Labute approximate surface area is 127 Å². The Bertz CT molecular complexity index is 464. The Morgan fingerprint density at radius 1 is 1.00 bits per heavy atom. The summed E-state index contributed by atoms with van der Waals surface area (Å²) in [6.45, 7) is 5.85. The molecule has 0 radical (unpaired) electrons. The number of likely N-dealkylation sites (tertiary alicyclic amines) is 2. The molecule has 4 heteroatoms. The van der Waals surface area contributed by atoms with E-state index in [1.165, 1.54) is 12.8 Å². The summed E-state index contributed by atoms with van der Waals surface area (Å²) in [6, 6.07) is 7.46. The van der Waals surface area contributed by atoms with Gasteiger partial charge in [-0.15, -0.1) is 0 Å². The maximum absolute atomic E-state index is 10.8. The third-order valence-corrected chi connectivity index (χ3v) is 4.82. The van der Waals surface area contributed by atoms with E-state index in [4.69, 9.17) is 0 Å². The number of hydrogen-bond acceptors (Lipinski definition) is 4. The zero-order valence-electron chi connectivity index (χ0n) is 12.7. The zero-order valence-corrected chi connectivity index (χ0v) is 12.7. The van der Waals surface area contributed by atoms with Gasteiger partial charge in [0.15, 0.2) is 0 Å². The normalized spacial score (nSPS) is 23.5. The number of rotatable bonds is 4. The first-order valence-corrected chi connectivity index (χ1v) is 8.08. The van der Waals surface area contributed by atoms with E-state index in [1.54, 1.807) is 6.07 Å². The molecule has 4 nitrogen and oxygen atoms in total. The van der Waals surface area contributed by atoms with Gasteiger partial charge in [0.2, 0.25) is 0 Å². The summed E-state index contributed by atoms with van der Waals surface area (Å²) >= 11 is 0. The number of nitrogens with zero attached hydrogens (tertiary/aromatic N) is 2. The van der Waals surface area contributed by atoms with E-state index in [-0.39, 0.29) is 0 Å². The average molecular weight is 290 g/mol. The number of piperidine rings is 1. The summed E-state index contributed by atoms with van der Waals surface area (Å²) in [5, 5.41) is 20.3. The SMILES string of the molecule is Oc1cccc(CN2CCC(O)(CN3CCCC3)CC2)c1. The van der Waals surface area contributed by atoms with Crippen molar-refractivity contribution in [2.24, 2.45) is 0 Å². The molecular formula is C17H26N2O2. The van der Waals surface area contributed by atoms with E-state index < -0.39 is 5.60 Å². The lowest BCUT2D eigenvalue weighted by molar-refractivity contribution is -0.0430. The first-order chi connectivity index (χ1) is 10.1. The molecule has 2 aliphatic heterocycles. The Hall–Kier alpha value is -1.10. The van der Waals surface area contributed by atoms with E-state index in [0.717, 1.165) is 57.7 Å². The van der Waals surface area contributed by atoms with Gasteiger partial charge >= 0.3 is 0 Å². The molecule has 2 heterocycles. The molecular weight excluding hydrogens is 264 g/mol. The van der Waals surface area contributed by atoms with Gasteiger partial charge in [0.25, 0.3) is 0 Å². The van der Waals surface area contributed by atoms with Crippen molar-refractivity contribution in [1.29, 1.82) is 0 Å². The molecule has 1 aromatic carbocycles. The molecule has 0 spiro atoms. The lowest BCUT2D eigenvalue weighted by Gasteiger charge is -2.40. The number of aliphatic hydroxyl groups is 1. The van der Waals surface area contributed by atoms with Gasteiger partial charge in [0.1, 0.15) is 5.75 Å². The maximum atomic E-state index is 10.8. The van der Waals surface area contributed by atoms with Crippen LogP contribution in [0.25, 0.3) is 0 Å². The van der Waals surface area contributed by atoms with Gasteiger partial charge in [-0.1, -0.05) is 12.1 Å². The Balaban J connectivity index is 1.50. The highest BCUT2D eigenvalue weighted by molar-refractivity contribution is 5.27. The molecule has 2 saturated heterocycles. The largest absolute Gasteiger partial charge is 0.508 e. The second kappa shape index (κ2) is 6.34. The lowest BCUT2D eigenvalue weighted by atomic mass is 9.90. The molecule has 1 aromatic rings. The van der Waals surface area contributed by atoms with Gasteiger partial charge in [0.05, 0.1) is 5.60 Å². The molecule has 0 unspecified atom stereocenters. The van der Waals surface area contributed by atoms with Crippen LogP contribution < -0.4 is 0 Å². The number of β-amino-alcohol motifs (C(OH)–C–C–N with tert-alkyl or cyclic N) is 1.